The molecule has 0 unspecified atom stereocenters. The van der Waals surface area contributed by atoms with Gasteiger partial charge in [0.05, 0.1) is 0 Å². The molecule has 0 atom stereocenters. The van der Waals surface area contributed by atoms with Crippen molar-refractivity contribution in [3.63, 3.8) is 0 Å². The minimum absolute atomic E-state index is 0. The third-order valence-corrected chi connectivity index (χ3v) is 1.15. The number of rotatable bonds is 1. The smallest absolute Gasteiger partial charge is 0.252 e. The molecule has 0 saturated carbocycles. The van der Waals surface area contributed by atoms with Crippen molar-refractivity contribution in [2.75, 3.05) is 0 Å². The van der Waals surface area contributed by atoms with Crippen molar-refractivity contribution in [1.29, 1.82) is 5.41 Å². The molecule has 3 nitrogen and oxygen atoms in total. The fraction of sp³-hybridized carbons (Fsp3) is 0. The van der Waals surface area contributed by atoms with Crippen molar-refractivity contribution in [3.8, 4) is 0 Å². The van der Waals surface area contributed by atoms with Crippen molar-refractivity contribution in [2.24, 2.45) is 5.73 Å². The maximum Gasteiger partial charge on any atom is 0.252 e. The first-order valence-corrected chi connectivity index (χ1v) is 2.88. The molecule has 0 aliphatic rings. The predicted molar refractivity (Wildman–Crippen MR) is 37.6 cm³/mol. The number of nitrogens with two attached hydrogens (primary N) is 1. The van der Waals surface area contributed by atoms with Crippen molar-refractivity contribution in [2.45, 2.75) is 0 Å². The summed E-state index contributed by atoms with van der Waals surface area (Å²) in [6.07, 6.45) is 0. The number of hydrogen-bond acceptors (Lipinski definition) is 2. The summed E-state index contributed by atoms with van der Waals surface area (Å²) in [6.45, 7) is 0. The van der Waals surface area contributed by atoms with Crippen molar-refractivity contribution < 1.29 is 17.9 Å². The van der Waals surface area contributed by atoms with E-state index in [2.05, 4.69) is 4.98 Å². The van der Waals surface area contributed by atoms with Gasteiger partial charge in [0, 0.05) is 6.07 Å². The van der Waals surface area contributed by atoms with Crippen molar-refractivity contribution >= 4 is 5.84 Å². The molecule has 3 N–H and O–H groups in total. The molecule has 1 rings (SSSR count). The Bertz CT molecular complexity index is 316. The third-order valence-electron chi connectivity index (χ3n) is 1.15. The van der Waals surface area contributed by atoms with Crippen molar-refractivity contribution in [3.05, 3.63) is 29.3 Å². The molecule has 1 heterocycles. The Morgan fingerprint density at radius 2 is 1.92 bits per heavy atom. The molecule has 7 heteroatoms. The number of halogens is 4. The fourth-order valence-corrected chi connectivity index (χ4v) is 0.607. The Kier molecular flexibility index (Phi) is 3.34. The molecule has 1 aromatic heterocycles. The van der Waals surface area contributed by atoms with E-state index in [0.717, 1.165) is 0 Å². The van der Waals surface area contributed by atoms with Crippen molar-refractivity contribution in [1.82, 2.24) is 4.98 Å². The number of nitrogen functional groups attached to an aromatic ring is 1. The van der Waals surface area contributed by atoms with E-state index in [4.69, 9.17) is 11.1 Å². The maximum atomic E-state index is 12.4. The first-order chi connectivity index (χ1) is 5.52. The minimum atomic E-state index is -1.67. The van der Waals surface area contributed by atoms with E-state index in [9.17, 15) is 13.2 Å². The number of pyridine rings is 1. The molecular formula is C6H5F4N3. The lowest BCUT2D eigenvalue weighted by Gasteiger charge is -1.98. The van der Waals surface area contributed by atoms with E-state index in [-0.39, 0.29) is 4.70 Å². The van der Waals surface area contributed by atoms with Gasteiger partial charge in [-0.05, 0) is 0 Å². The summed E-state index contributed by atoms with van der Waals surface area (Å²) in [6, 6.07) is 0.556. The van der Waals surface area contributed by atoms with Gasteiger partial charge in [-0.3, -0.25) is 10.1 Å². The molecular weight excluding hydrogens is 190 g/mol. The Labute approximate surface area is 70.3 Å². The van der Waals surface area contributed by atoms with Crippen LogP contribution in [0.25, 0.3) is 0 Å². The van der Waals surface area contributed by atoms with Gasteiger partial charge in [-0.25, -0.2) is 9.37 Å². The second kappa shape index (κ2) is 3.83. The molecule has 0 aromatic carbocycles. The van der Waals surface area contributed by atoms with Gasteiger partial charge in [0.2, 0.25) is 5.82 Å². The summed E-state index contributed by atoms with van der Waals surface area (Å²) in [7, 11) is 0. The summed E-state index contributed by atoms with van der Waals surface area (Å²) in [5.74, 6) is -5.29. The quantitative estimate of drug-likeness (QED) is 0.303. The highest BCUT2D eigenvalue weighted by molar-refractivity contribution is 5.92. The monoisotopic (exact) mass is 195 g/mol. The predicted octanol–water partition coefficient (Wildman–Crippen LogP) is 0.935. The highest BCUT2D eigenvalue weighted by Gasteiger charge is 2.12. The zero-order valence-corrected chi connectivity index (χ0v) is 6.14. The highest BCUT2D eigenvalue weighted by atomic mass is 19.2. The van der Waals surface area contributed by atoms with Crippen LogP contribution < -0.4 is 5.73 Å². The zero-order chi connectivity index (χ0) is 9.30. The SMILES string of the molecule is F.N=C(N)c1cc(F)c(F)c(F)n1. The Morgan fingerprint density at radius 1 is 1.38 bits per heavy atom. The Hall–Kier alpha value is -1.66. The summed E-state index contributed by atoms with van der Waals surface area (Å²) >= 11 is 0. The molecule has 0 amide bonds. The van der Waals surface area contributed by atoms with Crippen LogP contribution in [-0.4, -0.2) is 10.8 Å². The molecule has 0 spiro atoms. The third kappa shape index (κ3) is 2.14. The first kappa shape index (κ1) is 11.3. The summed E-state index contributed by atoms with van der Waals surface area (Å²) in [4.78, 5) is 2.90. The molecule has 72 valence electrons. The van der Waals surface area contributed by atoms with Crippen LogP contribution in [0.3, 0.4) is 0 Å². The topological polar surface area (TPSA) is 62.8 Å². The fourth-order valence-electron chi connectivity index (χ4n) is 0.607. The second-order valence-corrected chi connectivity index (χ2v) is 2.01. The normalized spacial score (nSPS) is 9.15. The second-order valence-electron chi connectivity index (χ2n) is 2.01. The van der Waals surface area contributed by atoms with E-state index < -0.39 is 29.1 Å². The maximum absolute atomic E-state index is 12.4. The van der Waals surface area contributed by atoms with E-state index in [1.807, 2.05) is 0 Å². The number of nitrogens with zero attached hydrogens (tertiary/aromatic N) is 1. The molecule has 0 fully saturated rings. The van der Waals surface area contributed by atoms with Crippen LogP contribution in [0, 0.1) is 23.0 Å². The number of aromatic nitrogens is 1. The van der Waals surface area contributed by atoms with Gasteiger partial charge in [0.15, 0.2) is 5.82 Å². The largest absolute Gasteiger partial charge is 0.382 e. The van der Waals surface area contributed by atoms with Gasteiger partial charge in [-0.15, -0.1) is 0 Å². The summed E-state index contributed by atoms with van der Waals surface area (Å²) in [5, 5.41) is 6.76. The molecule has 1 aromatic rings. The standard InChI is InChI=1S/C6H4F3N3.FH/c7-2-1-3(6(10)11)12-5(9)4(2)8;/h1H,(H3,10,11);1H. The number of amidine groups is 1. The first-order valence-electron chi connectivity index (χ1n) is 2.88. The lowest BCUT2D eigenvalue weighted by atomic mass is 10.3. The molecule has 0 radical (unpaired) electrons. The molecule has 0 bridgehead atoms. The van der Waals surface area contributed by atoms with Crippen LogP contribution >= 0.6 is 0 Å². The van der Waals surface area contributed by atoms with Crippen LogP contribution in [-0.2, 0) is 0 Å². The average molecular weight is 195 g/mol. The zero-order valence-electron chi connectivity index (χ0n) is 6.14. The number of nitrogens with one attached hydrogen (secondary N) is 1. The van der Waals surface area contributed by atoms with Crippen LogP contribution in [0.1, 0.15) is 5.69 Å². The van der Waals surface area contributed by atoms with Gasteiger partial charge in [-0.1, -0.05) is 0 Å². The Balaban J connectivity index is 0.00000144. The van der Waals surface area contributed by atoms with E-state index in [1.54, 1.807) is 0 Å². The number of hydrogen-bond donors (Lipinski definition) is 2. The van der Waals surface area contributed by atoms with Crippen LogP contribution in [0.5, 0.6) is 0 Å². The molecule has 0 saturated heterocycles. The molecule has 13 heavy (non-hydrogen) atoms. The van der Waals surface area contributed by atoms with E-state index in [1.165, 1.54) is 0 Å². The van der Waals surface area contributed by atoms with Crippen LogP contribution in [0.15, 0.2) is 6.07 Å². The van der Waals surface area contributed by atoms with Gasteiger partial charge in [-0.2, -0.15) is 8.78 Å². The van der Waals surface area contributed by atoms with Crippen LogP contribution in [0.4, 0.5) is 17.9 Å². The van der Waals surface area contributed by atoms with E-state index in [0.29, 0.717) is 6.07 Å². The summed E-state index contributed by atoms with van der Waals surface area (Å²) < 4.78 is 37.0. The van der Waals surface area contributed by atoms with Gasteiger partial charge < -0.3 is 5.73 Å². The van der Waals surface area contributed by atoms with Gasteiger partial charge in [0.1, 0.15) is 11.5 Å². The lowest BCUT2D eigenvalue weighted by Crippen LogP contribution is -2.15. The van der Waals surface area contributed by atoms with Crippen LogP contribution in [0.2, 0.25) is 0 Å². The van der Waals surface area contributed by atoms with Gasteiger partial charge >= 0.3 is 0 Å². The highest BCUT2D eigenvalue weighted by Crippen LogP contribution is 2.09. The van der Waals surface area contributed by atoms with E-state index >= 15 is 0 Å². The molecule has 0 aliphatic carbocycles. The Morgan fingerprint density at radius 3 is 2.31 bits per heavy atom. The molecule has 0 aliphatic heterocycles. The van der Waals surface area contributed by atoms with Gasteiger partial charge in [0.25, 0.3) is 5.95 Å². The minimum Gasteiger partial charge on any atom is -0.382 e. The lowest BCUT2D eigenvalue weighted by molar-refractivity contribution is 0.426. The summed E-state index contributed by atoms with van der Waals surface area (Å²) in [5.41, 5.74) is 4.44. The average Bonchev–Trinajstić information content (AvgIpc) is 1.99.